The second-order valence-electron chi connectivity index (χ2n) is 5.75. The lowest BCUT2D eigenvalue weighted by molar-refractivity contribution is -0.131. The highest BCUT2D eigenvalue weighted by Crippen LogP contribution is 2.22. The van der Waals surface area contributed by atoms with Crippen LogP contribution in [0, 0.1) is 13.8 Å². The molecule has 1 fully saturated rings. The Labute approximate surface area is 115 Å². The molecule has 1 aliphatic carbocycles. The van der Waals surface area contributed by atoms with Gasteiger partial charge in [-0.15, -0.1) is 0 Å². The van der Waals surface area contributed by atoms with Crippen molar-refractivity contribution in [3.8, 4) is 0 Å². The molecule has 1 amide bonds. The van der Waals surface area contributed by atoms with Gasteiger partial charge in [0, 0.05) is 31.4 Å². The Morgan fingerprint density at radius 2 is 1.95 bits per heavy atom. The molecule has 0 radical (unpaired) electrons. The lowest BCUT2D eigenvalue weighted by Gasteiger charge is -2.31. The molecular weight excluding hydrogens is 238 g/mol. The fourth-order valence-corrected chi connectivity index (χ4v) is 3.02. The van der Waals surface area contributed by atoms with E-state index in [2.05, 4.69) is 5.10 Å². The number of carbonyl (C=O) groups excluding carboxylic acids is 1. The number of hydrogen-bond acceptors (Lipinski definition) is 2. The summed E-state index contributed by atoms with van der Waals surface area (Å²) in [5, 5.41) is 4.38. The van der Waals surface area contributed by atoms with Crippen molar-refractivity contribution >= 4 is 5.91 Å². The van der Waals surface area contributed by atoms with Crippen molar-refractivity contribution in [3.63, 3.8) is 0 Å². The van der Waals surface area contributed by atoms with E-state index < -0.39 is 0 Å². The molecule has 0 N–H and O–H groups in total. The summed E-state index contributed by atoms with van der Waals surface area (Å²) in [5.74, 6) is 0.228. The monoisotopic (exact) mass is 263 g/mol. The number of rotatable bonds is 3. The molecular formula is C15H25N3O. The van der Waals surface area contributed by atoms with E-state index in [1.807, 2.05) is 37.5 Å². The molecule has 0 bridgehead atoms. The predicted octanol–water partition coefficient (Wildman–Crippen LogP) is 2.37. The zero-order valence-corrected chi connectivity index (χ0v) is 12.6. The maximum atomic E-state index is 12.4. The van der Waals surface area contributed by atoms with Crippen LogP contribution < -0.4 is 0 Å². The van der Waals surface area contributed by atoms with Gasteiger partial charge in [-0.05, 0) is 26.7 Å². The van der Waals surface area contributed by atoms with Crippen LogP contribution in [0.25, 0.3) is 0 Å². The lowest BCUT2D eigenvalue weighted by atomic mass is 9.94. The third kappa shape index (κ3) is 2.99. The summed E-state index contributed by atoms with van der Waals surface area (Å²) in [7, 11) is 3.89. The van der Waals surface area contributed by atoms with Gasteiger partial charge in [0.25, 0.3) is 0 Å². The molecule has 2 rings (SSSR count). The molecule has 4 nitrogen and oxygen atoms in total. The van der Waals surface area contributed by atoms with Gasteiger partial charge in [0.2, 0.25) is 5.91 Å². The van der Waals surface area contributed by atoms with Crippen molar-refractivity contribution in [2.75, 3.05) is 7.05 Å². The molecule has 1 aliphatic rings. The number of hydrogen-bond donors (Lipinski definition) is 0. The van der Waals surface area contributed by atoms with Crippen molar-refractivity contribution in [2.45, 2.75) is 58.4 Å². The molecule has 0 aromatic carbocycles. The molecule has 1 aromatic rings. The lowest BCUT2D eigenvalue weighted by Crippen LogP contribution is -2.39. The Balaban J connectivity index is 2.03. The van der Waals surface area contributed by atoms with Crippen molar-refractivity contribution in [1.82, 2.24) is 14.7 Å². The molecule has 1 heterocycles. The molecule has 0 unspecified atom stereocenters. The van der Waals surface area contributed by atoms with Gasteiger partial charge >= 0.3 is 0 Å². The van der Waals surface area contributed by atoms with Gasteiger partial charge < -0.3 is 4.90 Å². The molecule has 106 valence electrons. The first-order chi connectivity index (χ1) is 9.00. The van der Waals surface area contributed by atoms with E-state index in [0.717, 1.165) is 29.8 Å². The highest BCUT2D eigenvalue weighted by Gasteiger charge is 2.23. The summed E-state index contributed by atoms with van der Waals surface area (Å²) in [5.41, 5.74) is 3.17. The van der Waals surface area contributed by atoms with Gasteiger partial charge in [-0.2, -0.15) is 5.10 Å². The second-order valence-corrected chi connectivity index (χ2v) is 5.75. The van der Waals surface area contributed by atoms with E-state index in [1.165, 1.54) is 19.3 Å². The molecule has 0 saturated heterocycles. The van der Waals surface area contributed by atoms with Crippen molar-refractivity contribution < 1.29 is 4.79 Å². The summed E-state index contributed by atoms with van der Waals surface area (Å²) >= 11 is 0. The zero-order chi connectivity index (χ0) is 14.0. The zero-order valence-electron chi connectivity index (χ0n) is 12.6. The van der Waals surface area contributed by atoms with Crippen LogP contribution in [0.1, 0.15) is 49.1 Å². The Kier molecular flexibility index (Phi) is 4.27. The highest BCUT2D eigenvalue weighted by atomic mass is 16.2. The van der Waals surface area contributed by atoms with E-state index in [0.29, 0.717) is 12.5 Å². The molecule has 0 spiro atoms. The predicted molar refractivity (Wildman–Crippen MR) is 76.0 cm³/mol. The average Bonchev–Trinajstić information content (AvgIpc) is 2.65. The minimum absolute atomic E-state index is 0.228. The van der Waals surface area contributed by atoms with Gasteiger partial charge in [-0.3, -0.25) is 9.48 Å². The standard InChI is InChI=1S/C15H25N3O/c1-11-14(12(2)18(4)16-11)10-15(19)17(3)13-8-6-5-7-9-13/h13H,5-10H2,1-4H3. The Hall–Kier alpha value is -1.32. The maximum Gasteiger partial charge on any atom is 0.227 e. The van der Waals surface area contributed by atoms with E-state index in [-0.39, 0.29) is 5.91 Å². The summed E-state index contributed by atoms with van der Waals surface area (Å²) in [4.78, 5) is 14.4. The third-order valence-electron chi connectivity index (χ3n) is 4.50. The maximum absolute atomic E-state index is 12.4. The Morgan fingerprint density at radius 3 is 2.47 bits per heavy atom. The summed E-state index contributed by atoms with van der Waals surface area (Å²) in [6.45, 7) is 4.01. The third-order valence-corrected chi connectivity index (χ3v) is 4.50. The fraction of sp³-hybridized carbons (Fsp3) is 0.733. The summed E-state index contributed by atoms with van der Waals surface area (Å²) in [6, 6.07) is 0.443. The topological polar surface area (TPSA) is 38.1 Å². The number of carbonyl (C=O) groups is 1. The second kappa shape index (κ2) is 5.76. The molecule has 1 saturated carbocycles. The average molecular weight is 263 g/mol. The number of likely N-dealkylation sites (N-methyl/N-ethyl adjacent to an activating group) is 1. The van der Waals surface area contributed by atoms with Gasteiger partial charge in [-0.1, -0.05) is 19.3 Å². The summed E-state index contributed by atoms with van der Waals surface area (Å²) in [6.07, 6.45) is 6.64. The largest absolute Gasteiger partial charge is 0.342 e. The fourth-order valence-electron chi connectivity index (χ4n) is 3.02. The molecule has 0 atom stereocenters. The van der Waals surface area contributed by atoms with Crippen LogP contribution in [0.4, 0.5) is 0 Å². The molecule has 4 heteroatoms. The highest BCUT2D eigenvalue weighted by molar-refractivity contribution is 5.79. The van der Waals surface area contributed by atoms with E-state index in [1.54, 1.807) is 0 Å². The smallest absolute Gasteiger partial charge is 0.227 e. The van der Waals surface area contributed by atoms with Crippen molar-refractivity contribution in [1.29, 1.82) is 0 Å². The van der Waals surface area contributed by atoms with E-state index >= 15 is 0 Å². The minimum atomic E-state index is 0.228. The minimum Gasteiger partial charge on any atom is -0.342 e. The number of aromatic nitrogens is 2. The summed E-state index contributed by atoms with van der Waals surface area (Å²) < 4.78 is 1.86. The van der Waals surface area contributed by atoms with Gasteiger partial charge in [0.15, 0.2) is 0 Å². The number of aryl methyl sites for hydroxylation is 2. The van der Waals surface area contributed by atoms with Gasteiger partial charge in [-0.25, -0.2) is 0 Å². The first kappa shape index (κ1) is 14.1. The molecule has 19 heavy (non-hydrogen) atoms. The van der Waals surface area contributed by atoms with Crippen LogP contribution in [0.2, 0.25) is 0 Å². The van der Waals surface area contributed by atoms with Crippen LogP contribution >= 0.6 is 0 Å². The van der Waals surface area contributed by atoms with Crippen LogP contribution in [0.15, 0.2) is 0 Å². The van der Waals surface area contributed by atoms with E-state index in [4.69, 9.17) is 0 Å². The van der Waals surface area contributed by atoms with Gasteiger partial charge in [0.1, 0.15) is 0 Å². The van der Waals surface area contributed by atoms with Crippen LogP contribution in [0.5, 0.6) is 0 Å². The quantitative estimate of drug-likeness (QED) is 0.839. The number of nitrogens with zero attached hydrogens (tertiary/aromatic N) is 3. The first-order valence-electron chi connectivity index (χ1n) is 7.25. The van der Waals surface area contributed by atoms with Crippen molar-refractivity contribution in [3.05, 3.63) is 17.0 Å². The molecule has 1 aromatic heterocycles. The van der Waals surface area contributed by atoms with Crippen LogP contribution in [-0.4, -0.2) is 33.7 Å². The van der Waals surface area contributed by atoms with Gasteiger partial charge in [0.05, 0.1) is 12.1 Å². The van der Waals surface area contributed by atoms with Crippen LogP contribution in [-0.2, 0) is 18.3 Å². The number of amides is 1. The van der Waals surface area contributed by atoms with Crippen LogP contribution in [0.3, 0.4) is 0 Å². The SMILES string of the molecule is Cc1nn(C)c(C)c1CC(=O)N(C)C1CCCCC1. The van der Waals surface area contributed by atoms with E-state index in [9.17, 15) is 4.79 Å². The normalized spacial score (nSPS) is 16.6. The Bertz CT molecular complexity index is 458. The van der Waals surface area contributed by atoms with Crippen molar-refractivity contribution in [2.24, 2.45) is 7.05 Å². The first-order valence-corrected chi connectivity index (χ1v) is 7.25. The molecule has 0 aliphatic heterocycles. The Morgan fingerprint density at radius 1 is 1.32 bits per heavy atom.